The predicted octanol–water partition coefficient (Wildman–Crippen LogP) is 2.69. The highest BCUT2D eigenvalue weighted by atomic mass is 16.3. The largest absolute Gasteiger partial charge is 0.396 e. The number of hydrogen-bond donors (Lipinski definition) is 1. The molecule has 0 aliphatic heterocycles. The molecule has 4 fully saturated rings. The van der Waals surface area contributed by atoms with Gasteiger partial charge in [0.1, 0.15) is 0 Å². The smallest absolute Gasteiger partial charge is 0.0459 e. The summed E-state index contributed by atoms with van der Waals surface area (Å²) in [6.45, 7) is 2.67. The molecule has 0 spiro atoms. The summed E-state index contributed by atoms with van der Waals surface area (Å²) in [5.41, 5.74) is 0. The Balaban J connectivity index is 1.81. The summed E-state index contributed by atoms with van der Waals surface area (Å²) in [6, 6.07) is 0. The highest BCUT2D eigenvalue weighted by Gasteiger charge is 2.49. The molecular formula is C13H22O. The lowest BCUT2D eigenvalue weighted by Crippen LogP contribution is -2.47. The maximum atomic E-state index is 9.32. The zero-order valence-electron chi connectivity index (χ0n) is 9.15. The second-order valence-corrected chi connectivity index (χ2v) is 6.17. The minimum atomic E-state index is 0.410. The molecule has 0 amide bonds. The van der Waals surface area contributed by atoms with Gasteiger partial charge in [0.05, 0.1) is 0 Å². The summed E-state index contributed by atoms with van der Waals surface area (Å²) >= 11 is 0. The lowest BCUT2D eigenvalue weighted by molar-refractivity contribution is -0.0668. The Morgan fingerprint density at radius 3 is 1.93 bits per heavy atom. The molecule has 4 saturated carbocycles. The number of hydrogen-bond acceptors (Lipinski definition) is 1. The van der Waals surface area contributed by atoms with Gasteiger partial charge in [0.25, 0.3) is 0 Å². The monoisotopic (exact) mass is 194 g/mol. The fraction of sp³-hybridized carbons (Fsp3) is 1.00. The van der Waals surface area contributed by atoms with Crippen LogP contribution in [0.4, 0.5) is 0 Å². The second-order valence-electron chi connectivity index (χ2n) is 6.17. The summed E-state index contributed by atoms with van der Waals surface area (Å²) in [7, 11) is 0. The van der Waals surface area contributed by atoms with Crippen molar-refractivity contribution in [1.29, 1.82) is 0 Å². The van der Waals surface area contributed by atoms with Gasteiger partial charge < -0.3 is 5.11 Å². The van der Waals surface area contributed by atoms with Gasteiger partial charge in [0, 0.05) is 6.61 Å². The Bertz CT molecular complexity index is 195. The fourth-order valence-corrected chi connectivity index (χ4v) is 5.02. The van der Waals surface area contributed by atoms with Gasteiger partial charge in [-0.1, -0.05) is 6.92 Å². The average molecular weight is 194 g/mol. The van der Waals surface area contributed by atoms with E-state index in [9.17, 15) is 5.11 Å². The SMILES string of the molecule is C[C@H](CO)C1C2CC3CC(C2)CC1C3. The molecule has 4 aliphatic rings. The number of aliphatic hydroxyl groups is 1. The van der Waals surface area contributed by atoms with Gasteiger partial charge >= 0.3 is 0 Å². The molecule has 1 nitrogen and oxygen atoms in total. The topological polar surface area (TPSA) is 20.2 Å². The summed E-state index contributed by atoms with van der Waals surface area (Å²) in [6.07, 6.45) is 7.49. The lowest BCUT2D eigenvalue weighted by Gasteiger charge is -2.56. The zero-order chi connectivity index (χ0) is 9.71. The van der Waals surface area contributed by atoms with Crippen LogP contribution in [0.2, 0.25) is 0 Å². The van der Waals surface area contributed by atoms with Crippen molar-refractivity contribution in [2.75, 3.05) is 6.61 Å². The van der Waals surface area contributed by atoms with E-state index >= 15 is 0 Å². The van der Waals surface area contributed by atoms with Gasteiger partial charge in [-0.2, -0.15) is 0 Å². The molecule has 0 aromatic carbocycles. The summed E-state index contributed by atoms with van der Waals surface area (Å²) < 4.78 is 0. The first-order valence-electron chi connectivity index (χ1n) is 6.38. The van der Waals surface area contributed by atoms with E-state index in [0.717, 1.165) is 29.6 Å². The van der Waals surface area contributed by atoms with Crippen LogP contribution in [-0.2, 0) is 0 Å². The molecule has 1 atom stereocenters. The molecule has 0 unspecified atom stereocenters. The lowest BCUT2D eigenvalue weighted by atomic mass is 9.50. The Morgan fingerprint density at radius 1 is 1.00 bits per heavy atom. The predicted molar refractivity (Wildman–Crippen MR) is 56.8 cm³/mol. The minimum Gasteiger partial charge on any atom is -0.396 e. The van der Waals surface area contributed by atoms with Crippen LogP contribution in [0.1, 0.15) is 39.0 Å². The van der Waals surface area contributed by atoms with Crippen molar-refractivity contribution in [2.45, 2.75) is 39.0 Å². The highest BCUT2D eigenvalue weighted by molar-refractivity contribution is 4.99. The molecule has 4 bridgehead atoms. The summed E-state index contributed by atoms with van der Waals surface area (Å²) in [5, 5.41) is 9.32. The molecule has 0 aromatic rings. The van der Waals surface area contributed by atoms with Crippen LogP contribution in [-0.4, -0.2) is 11.7 Å². The van der Waals surface area contributed by atoms with E-state index in [4.69, 9.17) is 0 Å². The van der Waals surface area contributed by atoms with Gasteiger partial charge in [-0.25, -0.2) is 0 Å². The average Bonchev–Trinajstić information content (AvgIpc) is 2.15. The molecule has 0 heterocycles. The van der Waals surface area contributed by atoms with Crippen molar-refractivity contribution in [1.82, 2.24) is 0 Å². The third-order valence-electron chi connectivity index (χ3n) is 5.24. The third-order valence-corrected chi connectivity index (χ3v) is 5.24. The van der Waals surface area contributed by atoms with Gasteiger partial charge in [0.15, 0.2) is 0 Å². The van der Waals surface area contributed by atoms with Gasteiger partial charge in [-0.15, -0.1) is 0 Å². The summed E-state index contributed by atoms with van der Waals surface area (Å²) in [4.78, 5) is 0. The maximum absolute atomic E-state index is 9.32. The van der Waals surface area contributed by atoms with E-state index in [1.807, 2.05) is 0 Å². The van der Waals surface area contributed by atoms with Crippen molar-refractivity contribution in [3.05, 3.63) is 0 Å². The van der Waals surface area contributed by atoms with Crippen molar-refractivity contribution in [2.24, 2.45) is 35.5 Å². The summed E-state index contributed by atoms with van der Waals surface area (Å²) in [5.74, 6) is 5.53. The van der Waals surface area contributed by atoms with Gasteiger partial charge in [-0.3, -0.25) is 0 Å². The fourth-order valence-electron chi connectivity index (χ4n) is 5.02. The van der Waals surface area contributed by atoms with Crippen LogP contribution >= 0.6 is 0 Å². The molecule has 4 rings (SSSR count). The first-order valence-corrected chi connectivity index (χ1v) is 6.38. The van der Waals surface area contributed by atoms with Crippen LogP contribution in [0.15, 0.2) is 0 Å². The molecule has 0 aromatic heterocycles. The van der Waals surface area contributed by atoms with Crippen molar-refractivity contribution < 1.29 is 5.11 Å². The molecule has 1 heteroatoms. The normalized spacial score (nSPS) is 52.3. The van der Waals surface area contributed by atoms with Gasteiger partial charge in [0.2, 0.25) is 0 Å². The Morgan fingerprint density at radius 2 is 1.50 bits per heavy atom. The molecule has 1 N–H and O–H groups in total. The molecule has 0 radical (unpaired) electrons. The number of aliphatic hydroxyl groups excluding tert-OH is 1. The van der Waals surface area contributed by atoms with Crippen molar-refractivity contribution in [3.63, 3.8) is 0 Å². The molecule has 14 heavy (non-hydrogen) atoms. The van der Waals surface area contributed by atoms with E-state index in [2.05, 4.69) is 6.92 Å². The molecular weight excluding hydrogens is 172 g/mol. The van der Waals surface area contributed by atoms with Crippen LogP contribution < -0.4 is 0 Å². The van der Waals surface area contributed by atoms with E-state index in [0.29, 0.717) is 12.5 Å². The highest BCUT2D eigenvalue weighted by Crippen LogP contribution is 2.58. The van der Waals surface area contributed by atoms with Crippen LogP contribution in [0.5, 0.6) is 0 Å². The standard InChI is InChI=1S/C13H22O/c1-8(7-14)13-11-3-9-2-10(5-11)6-12(13)4-9/h8-14H,2-7H2,1H3/t8-,9?,10?,11?,12?,13?/m1/s1. The van der Waals surface area contributed by atoms with E-state index in [-0.39, 0.29) is 0 Å². The van der Waals surface area contributed by atoms with Gasteiger partial charge in [-0.05, 0) is 67.6 Å². The van der Waals surface area contributed by atoms with Crippen LogP contribution in [0.3, 0.4) is 0 Å². The Labute approximate surface area is 86.9 Å². The second kappa shape index (κ2) is 3.23. The van der Waals surface area contributed by atoms with E-state index < -0.39 is 0 Å². The zero-order valence-corrected chi connectivity index (χ0v) is 9.15. The number of rotatable bonds is 2. The molecule has 80 valence electrons. The first kappa shape index (κ1) is 9.21. The first-order chi connectivity index (χ1) is 6.78. The quantitative estimate of drug-likeness (QED) is 0.716. The Hall–Kier alpha value is -0.0400. The van der Waals surface area contributed by atoms with Crippen molar-refractivity contribution >= 4 is 0 Å². The van der Waals surface area contributed by atoms with E-state index in [1.54, 1.807) is 0 Å². The van der Waals surface area contributed by atoms with E-state index in [1.165, 1.54) is 32.1 Å². The molecule has 0 saturated heterocycles. The molecule has 4 aliphatic carbocycles. The maximum Gasteiger partial charge on any atom is 0.0459 e. The van der Waals surface area contributed by atoms with Crippen molar-refractivity contribution in [3.8, 4) is 0 Å². The van der Waals surface area contributed by atoms with Crippen LogP contribution in [0, 0.1) is 35.5 Å². The van der Waals surface area contributed by atoms with Crippen LogP contribution in [0.25, 0.3) is 0 Å². The minimum absolute atomic E-state index is 0.410. The third kappa shape index (κ3) is 1.25. The Kier molecular flexibility index (Phi) is 2.12.